The molecule has 0 N–H and O–H groups in total. The summed E-state index contributed by atoms with van der Waals surface area (Å²) in [5, 5.41) is 0. The molecule has 0 bridgehead atoms. The molecule has 1 aliphatic rings. The van der Waals surface area contributed by atoms with Gasteiger partial charge >= 0.3 is 29.6 Å². The van der Waals surface area contributed by atoms with Crippen LogP contribution in [0.2, 0.25) is 0 Å². The van der Waals surface area contributed by atoms with Gasteiger partial charge in [0.05, 0.1) is 0 Å². The molecule has 14 heavy (non-hydrogen) atoms. The second-order valence-electron chi connectivity index (χ2n) is 3.04. The number of allylic oxidation sites excluding steroid dienone is 1. The first kappa shape index (κ1) is 12.1. The minimum absolute atomic E-state index is 0. The molecular weight excluding hydrogens is 207 g/mol. The molecule has 0 spiro atoms. The van der Waals surface area contributed by atoms with E-state index in [1.165, 1.54) is 5.56 Å². The smallest absolute Gasteiger partial charge is 0.769 e. The van der Waals surface area contributed by atoms with Crippen LogP contribution in [-0.2, 0) is 17.5 Å². The molecule has 1 atom stereocenters. The third-order valence-electron chi connectivity index (χ3n) is 2.23. The van der Waals surface area contributed by atoms with Crippen molar-refractivity contribution in [3.05, 3.63) is 40.3 Å². The quantitative estimate of drug-likeness (QED) is 0.439. The van der Waals surface area contributed by atoms with Crippen molar-refractivity contribution in [3.63, 3.8) is 0 Å². The van der Waals surface area contributed by atoms with Crippen molar-refractivity contribution in [2.75, 3.05) is 0 Å². The largest absolute Gasteiger partial charge is 1.00 e. The Morgan fingerprint density at radius 1 is 1.21 bits per heavy atom. The number of rotatable bonds is 1. The van der Waals surface area contributed by atoms with Gasteiger partial charge in [-0.1, -0.05) is 24.3 Å². The maximum atomic E-state index is 10.7. The van der Waals surface area contributed by atoms with Crippen LogP contribution in [0.5, 0.6) is 0 Å². The van der Waals surface area contributed by atoms with Crippen molar-refractivity contribution >= 4 is 17.2 Å². The van der Waals surface area contributed by atoms with Crippen molar-refractivity contribution in [2.45, 2.75) is 12.8 Å². The Morgan fingerprint density at radius 3 is 2.64 bits per heavy atom. The summed E-state index contributed by atoms with van der Waals surface area (Å²) in [4.78, 5) is 0.513. The molecule has 0 aliphatic heterocycles. The Bertz CT molecular complexity index is 387. The maximum absolute atomic E-state index is 10.7. The first-order valence-electron chi connectivity index (χ1n) is 4.15. The first-order valence-corrected chi connectivity index (χ1v) is 5.22. The van der Waals surface area contributed by atoms with Gasteiger partial charge in [0.15, 0.2) is 0 Å². The van der Waals surface area contributed by atoms with E-state index in [4.69, 9.17) is 0 Å². The minimum atomic E-state index is -2.05. The Kier molecular flexibility index (Phi) is 4.54. The van der Waals surface area contributed by atoms with E-state index in [1.807, 2.05) is 24.3 Å². The van der Waals surface area contributed by atoms with Crippen LogP contribution in [0.3, 0.4) is 0 Å². The monoisotopic (exact) mass is 216 g/mol. The van der Waals surface area contributed by atoms with Crippen LogP contribution in [-0.4, -0.2) is 8.76 Å². The number of fused-ring (bicyclic) bond motifs is 1. The van der Waals surface area contributed by atoms with Crippen LogP contribution in [0.4, 0.5) is 0 Å². The van der Waals surface area contributed by atoms with E-state index in [0.717, 1.165) is 12.0 Å². The summed E-state index contributed by atoms with van der Waals surface area (Å²) in [6.45, 7) is 0. The van der Waals surface area contributed by atoms with Crippen LogP contribution >= 0.6 is 0 Å². The van der Waals surface area contributed by atoms with Crippen LogP contribution in [0, 0.1) is 0 Å². The third-order valence-corrected chi connectivity index (χ3v) is 2.98. The fourth-order valence-electron chi connectivity index (χ4n) is 1.54. The Hall–Kier alpha value is 0.0700. The molecule has 1 unspecified atom stereocenters. The van der Waals surface area contributed by atoms with Crippen LogP contribution in [0.1, 0.15) is 17.5 Å². The van der Waals surface area contributed by atoms with E-state index in [2.05, 4.69) is 0 Å². The molecule has 0 fully saturated rings. The van der Waals surface area contributed by atoms with Crippen LogP contribution in [0.25, 0.3) is 6.08 Å². The van der Waals surface area contributed by atoms with Crippen LogP contribution in [0.15, 0.2) is 29.2 Å². The summed E-state index contributed by atoms with van der Waals surface area (Å²) >= 11 is -2.05. The number of hydrogen-bond donors (Lipinski definition) is 0. The van der Waals surface area contributed by atoms with Crippen molar-refractivity contribution < 1.29 is 38.3 Å². The van der Waals surface area contributed by atoms with Gasteiger partial charge in [-0.25, -0.2) is 0 Å². The zero-order valence-corrected chi connectivity index (χ0v) is 10.8. The molecule has 2 rings (SSSR count). The molecule has 68 valence electrons. The molecule has 0 radical (unpaired) electrons. The predicted octanol–water partition coefficient (Wildman–Crippen LogP) is -1.14. The van der Waals surface area contributed by atoms with E-state index < -0.39 is 11.1 Å². The molecule has 2 nitrogen and oxygen atoms in total. The molecule has 0 heterocycles. The van der Waals surface area contributed by atoms with E-state index in [0.29, 0.717) is 11.3 Å². The summed E-state index contributed by atoms with van der Waals surface area (Å²) in [6, 6.07) is 7.88. The second-order valence-corrected chi connectivity index (χ2v) is 4.04. The normalized spacial score (nSPS) is 16.2. The first-order chi connectivity index (χ1) is 6.27. The second kappa shape index (κ2) is 5.24. The van der Waals surface area contributed by atoms with Gasteiger partial charge in [-0.2, -0.15) is 0 Å². The maximum Gasteiger partial charge on any atom is 1.00 e. The fraction of sp³-hybridized carbons (Fsp3) is 0.200. The molecule has 0 aromatic heterocycles. The molecule has 0 saturated heterocycles. The molecular formula is C10H9NaO2S. The molecule has 1 aromatic carbocycles. The summed E-state index contributed by atoms with van der Waals surface area (Å²) in [5.74, 6) is 0. The zero-order valence-electron chi connectivity index (χ0n) is 8.03. The number of hydrogen-bond acceptors (Lipinski definition) is 2. The van der Waals surface area contributed by atoms with E-state index in [-0.39, 0.29) is 29.6 Å². The molecule has 0 saturated carbocycles. The van der Waals surface area contributed by atoms with E-state index in [1.54, 1.807) is 6.08 Å². The van der Waals surface area contributed by atoms with Crippen LogP contribution < -0.4 is 29.6 Å². The van der Waals surface area contributed by atoms with Crippen molar-refractivity contribution in [1.82, 2.24) is 0 Å². The Morgan fingerprint density at radius 2 is 1.93 bits per heavy atom. The summed E-state index contributed by atoms with van der Waals surface area (Å²) in [6.07, 6.45) is 3.21. The van der Waals surface area contributed by atoms with Gasteiger partial charge in [0, 0.05) is 4.91 Å². The summed E-state index contributed by atoms with van der Waals surface area (Å²) in [7, 11) is 0. The minimum Gasteiger partial charge on any atom is -0.769 e. The summed E-state index contributed by atoms with van der Waals surface area (Å²) < 4.78 is 21.4. The van der Waals surface area contributed by atoms with Gasteiger partial charge in [-0.05, 0) is 41.1 Å². The van der Waals surface area contributed by atoms with Gasteiger partial charge in [-0.15, -0.1) is 0 Å². The van der Waals surface area contributed by atoms with Gasteiger partial charge < -0.3 is 4.55 Å². The molecule has 0 amide bonds. The summed E-state index contributed by atoms with van der Waals surface area (Å²) in [5.41, 5.74) is 2.27. The zero-order chi connectivity index (χ0) is 9.26. The van der Waals surface area contributed by atoms with Crippen molar-refractivity contribution in [1.29, 1.82) is 0 Å². The molecule has 4 heteroatoms. The van der Waals surface area contributed by atoms with Gasteiger partial charge in [0.25, 0.3) is 0 Å². The predicted molar refractivity (Wildman–Crippen MR) is 51.7 cm³/mol. The average molecular weight is 216 g/mol. The van der Waals surface area contributed by atoms with Crippen molar-refractivity contribution in [2.24, 2.45) is 0 Å². The van der Waals surface area contributed by atoms with Crippen molar-refractivity contribution in [3.8, 4) is 0 Å². The number of benzene rings is 1. The molecule has 1 aromatic rings. The fourth-order valence-corrected chi connectivity index (χ4v) is 2.03. The third kappa shape index (κ3) is 2.55. The topological polar surface area (TPSA) is 40.1 Å². The van der Waals surface area contributed by atoms with E-state index >= 15 is 0 Å². The van der Waals surface area contributed by atoms with Gasteiger partial charge in [0.1, 0.15) is 0 Å². The van der Waals surface area contributed by atoms with Gasteiger partial charge in [0.2, 0.25) is 0 Å². The van der Waals surface area contributed by atoms with Gasteiger partial charge in [-0.3, -0.25) is 4.21 Å². The average Bonchev–Trinajstić information content (AvgIpc) is 2.17. The van der Waals surface area contributed by atoms with E-state index in [9.17, 15) is 8.76 Å². The number of aryl methyl sites for hydroxylation is 1. The Labute approximate surface area is 108 Å². The SMILES string of the molecule is O=S([O-])C1=Cc2ccccc2CC1.[Na+]. The molecule has 1 aliphatic carbocycles. The standard InChI is InChI=1S/C10H10O2S.Na/c11-13(12)10-6-5-8-3-1-2-4-9(8)7-10;/h1-4,7H,5-6H2,(H,11,12);/q;+1/p-1. The Balaban J connectivity index is 0.000000980.